The molecule has 0 unspecified atom stereocenters. The molecule has 1 aromatic carbocycles. The Hall–Kier alpha value is -1.90. The third-order valence-electron chi connectivity index (χ3n) is 4.55. The Bertz CT molecular complexity index is 677. The summed E-state index contributed by atoms with van der Waals surface area (Å²) in [4.78, 5) is 5.89. The number of nitrogens with zero attached hydrogens (tertiary/aromatic N) is 4. The fourth-order valence-electron chi connectivity index (χ4n) is 3.11. The molecule has 1 fully saturated rings. The SMILES string of the molecule is C[C@@H](N1CCOCC1)[C@](O)(Cn1cncn1)c1ccc(F)cc1F. The third-order valence-corrected chi connectivity index (χ3v) is 4.55. The zero-order valence-corrected chi connectivity index (χ0v) is 13.4. The van der Waals surface area contributed by atoms with Gasteiger partial charge in [-0.25, -0.2) is 18.4 Å². The maximum Gasteiger partial charge on any atom is 0.137 e. The highest BCUT2D eigenvalue weighted by molar-refractivity contribution is 5.27. The molecule has 0 radical (unpaired) electrons. The smallest absolute Gasteiger partial charge is 0.137 e. The molecule has 1 aliphatic rings. The zero-order chi connectivity index (χ0) is 17.2. The average molecular weight is 338 g/mol. The normalized spacial score (nSPS) is 19.8. The highest BCUT2D eigenvalue weighted by Crippen LogP contribution is 2.33. The maximum atomic E-state index is 14.4. The molecular weight excluding hydrogens is 318 g/mol. The summed E-state index contributed by atoms with van der Waals surface area (Å²) in [5, 5.41) is 15.4. The summed E-state index contributed by atoms with van der Waals surface area (Å²) in [6.07, 6.45) is 2.80. The van der Waals surface area contributed by atoms with E-state index in [0.717, 1.165) is 12.1 Å². The third kappa shape index (κ3) is 3.31. The second kappa shape index (κ2) is 6.92. The molecule has 0 saturated carbocycles. The summed E-state index contributed by atoms with van der Waals surface area (Å²) in [5.41, 5.74) is -1.55. The van der Waals surface area contributed by atoms with Crippen LogP contribution in [-0.4, -0.2) is 57.1 Å². The van der Waals surface area contributed by atoms with E-state index in [0.29, 0.717) is 26.3 Å². The van der Waals surface area contributed by atoms with Gasteiger partial charge in [0.05, 0.1) is 19.8 Å². The van der Waals surface area contributed by atoms with Crippen molar-refractivity contribution in [2.24, 2.45) is 0 Å². The minimum Gasteiger partial charge on any atom is -0.381 e. The van der Waals surface area contributed by atoms with E-state index in [9.17, 15) is 13.9 Å². The molecule has 2 atom stereocenters. The van der Waals surface area contributed by atoms with Gasteiger partial charge in [0, 0.05) is 30.8 Å². The topological polar surface area (TPSA) is 63.4 Å². The van der Waals surface area contributed by atoms with Gasteiger partial charge in [-0.05, 0) is 13.0 Å². The highest BCUT2D eigenvalue weighted by atomic mass is 19.1. The molecule has 8 heteroatoms. The first kappa shape index (κ1) is 16.9. The van der Waals surface area contributed by atoms with Gasteiger partial charge < -0.3 is 9.84 Å². The molecule has 1 saturated heterocycles. The molecule has 2 aromatic rings. The fraction of sp³-hybridized carbons (Fsp3) is 0.500. The van der Waals surface area contributed by atoms with Crippen LogP contribution in [0.2, 0.25) is 0 Å². The van der Waals surface area contributed by atoms with Crippen LogP contribution in [0.25, 0.3) is 0 Å². The van der Waals surface area contributed by atoms with Crippen LogP contribution < -0.4 is 0 Å². The van der Waals surface area contributed by atoms with E-state index in [1.165, 1.54) is 23.4 Å². The van der Waals surface area contributed by atoms with Gasteiger partial charge in [0.15, 0.2) is 0 Å². The van der Waals surface area contributed by atoms with Crippen molar-refractivity contribution < 1.29 is 18.6 Å². The molecule has 1 N–H and O–H groups in total. The van der Waals surface area contributed by atoms with Crippen molar-refractivity contribution in [1.82, 2.24) is 19.7 Å². The Kier molecular flexibility index (Phi) is 4.88. The van der Waals surface area contributed by atoms with Gasteiger partial charge in [-0.3, -0.25) is 4.90 Å². The second-order valence-electron chi connectivity index (χ2n) is 5.97. The van der Waals surface area contributed by atoms with Crippen LogP contribution in [0, 0.1) is 11.6 Å². The van der Waals surface area contributed by atoms with Crippen LogP contribution in [0.4, 0.5) is 8.78 Å². The van der Waals surface area contributed by atoms with E-state index in [1.54, 1.807) is 0 Å². The van der Waals surface area contributed by atoms with E-state index < -0.39 is 23.3 Å². The summed E-state index contributed by atoms with van der Waals surface area (Å²) < 4.78 is 34.5. The largest absolute Gasteiger partial charge is 0.381 e. The van der Waals surface area contributed by atoms with Crippen molar-refractivity contribution in [1.29, 1.82) is 0 Å². The van der Waals surface area contributed by atoms with Gasteiger partial charge in [0.2, 0.25) is 0 Å². The first-order valence-corrected chi connectivity index (χ1v) is 7.83. The summed E-state index contributed by atoms with van der Waals surface area (Å²) >= 11 is 0. The lowest BCUT2D eigenvalue weighted by Crippen LogP contribution is -2.54. The van der Waals surface area contributed by atoms with E-state index >= 15 is 0 Å². The lowest BCUT2D eigenvalue weighted by Gasteiger charge is -2.42. The molecule has 1 aliphatic heterocycles. The van der Waals surface area contributed by atoms with Crippen LogP contribution in [0.3, 0.4) is 0 Å². The molecule has 0 spiro atoms. The number of hydrogen-bond donors (Lipinski definition) is 1. The van der Waals surface area contributed by atoms with Crippen molar-refractivity contribution in [3.8, 4) is 0 Å². The first-order chi connectivity index (χ1) is 11.5. The van der Waals surface area contributed by atoms with E-state index in [4.69, 9.17) is 4.74 Å². The Morgan fingerprint density at radius 3 is 2.71 bits per heavy atom. The molecule has 130 valence electrons. The van der Waals surface area contributed by atoms with Gasteiger partial charge in [0.1, 0.15) is 29.9 Å². The van der Waals surface area contributed by atoms with Gasteiger partial charge >= 0.3 is 0 Å². The fourth-order valence-corrected chi connectivity index (χ4v) is 3.11. The minimum absolute atomic E-state index is 0.00801. The summed E-state index contributed by atoms with van der Waals surface area (Å²) in [7, 11) is 0. The van der Waals surface area contributed by atoms with E-state index in [-0.39, 0.29) is 12.1 Å². The Balaban J connectivity index is 1.98. The van der Waals surface area contributed by atoms with Crippen molar-refractivity contribution in [3.63, 3.8) is 0 Å². The number of hydrogen-bond acceptors (Lipinski definition) is 5. The standard InChI is InChI=1S/C16H20F2N4O2/c1-12(21-4-6-24-7-5-21)16(23,9-22-11-19-10-20-22)14-3-2-13(17)8-15(14)18/h2-3,8,10-12,23H,4-7,9H2,1H3/t12-,16-/m1/s1. The Morgan fingerprint density at radius 2 is 2.08 bits per heavy atom. The predicted molar refractivity (Wildman–Crippen MR) is 82.1 cm³/mol. The molecule has 2 heterocycles. The molecule has 3 rings (SSSR count). The van der Waals surface area contributed by atoms with Crippen LogP contribution in [-0.2, 0) is 16.9 Å². The lowest BCUT2D eigenvalue weighted by atomic mass is 9.85. The second-order valence-corrected chi connectivity index (χ2v) is 5.97. The molecule has 0 bridgehead atoms. The Morgan fingerprint density at radius 1 is 1.33 bits per heavy atom. The van der Waals surface area contributed by atoms with Crippen LogP contribution in [0.5, 0.6) is 0 Å². The number of halogens is 2. The highest BCUT2D eigenvalue weighted by Gasteiger charge is 2.42. The summed E-state index contributed by atoms with van der Waals surface area (Å²) in [6, 6.07) is 2.80. The molecule has 0 amide bonds. The molecule has 6 nitrogen and oxygen atoms in total. The van der Waals surface area contributed by atoms with Crippen molar-refractivity contribution in [2.75, 3.05) is 26.3 Å². The lowest BCUT2D eigenvalue weighted by molar-refractivity contribution is -0.0876. The number of aromatic nitrogens is 3. The molecular formula is C16H20F2N4O2. The van der Waals surface area contributed by atoms with Crippen molar-refractivity contribution in [2.45, 2.75) is 25.1 Å². The van der Waals surface area contributed by atoms with E-state index in [1.807, 2.05) is 11.8 Å². The van der Waals surface area contributed by atoms with Gasteiger partial charge in [-0.1, -0.05) is 6.07 Å². The summed E-state index contributed by atoms with van der Waals surface area (Å²) in [6.45, 7) is 4.19. The van der Waals surface area contributed by atoms with Gasteiger partial charge in [-0.15, -0.1) is 0 Å². The zero-order valence-electron chi connectivity index (χ0n) is 13.4. The summed E-state index contributed by atoms with van der Waals surface area (Å²) in [5.74, 6) is -1.46. The molecule has 0 aliphatic carbocycles. The van der Waals surface area contributed by atoms with E-state index in [2.05, 4.69) is 10.1 Å². The van der Waals surface area contributed by atoms with Crippen molar-refractivity contribution >= 4 is 0 Å². The van der Waals surface area contributed by atoms with Gasteiger partial charge in [-0.2, -0.15) is 5.10 Å². The molecule has 1 aromatic heterocycles. The van der Waals surface area contributed by atoms with Crippen LogP contribution >= 0.6 is 0 Å². The minimum atomic E-state index is -1.59. The number of aliphatic hydroxyl groups is 1. The number of morpholine rings is 1. The quantitative estimate of drug-likeness (QED) is 0.887. The Labute approximate surface area is 138 Å². The van der Waals surface area contributed by atoms with Crippen LogP contribution in [0.15, 0.2) is 30.9 Å². The number of benzene rings is 1. The molecule has 24 heavy (non-hydrogen) atoms. The average Bonchev–Trinajstić information content (AvgIpc) is 3.07. The van der Waals surface area contributed by atoms with Gasteiger partial charge in [0.25, 0.3) is 0 Å². The monoisotopic (exact) mass is 338 g/mol. The maximum absolute atomic E-state index is 14.4. The number of ether oxygens (including phenoxy) is 1. The van der Waals surface area contributed by atoms with Crippen molar-refractivity contribution in [3.05, 3.63) is 48.1 Å². The predicted octanol–water partition coefficient (Wildman–Crippen LogP) is 1.16. The van der Waals surface area contributed by atoms with Crippen LogP contribution in [0.1, 0.15) is 12.5 Å². The first-order valence-electron chi connectivity index (χ1n) is 7.83. The number of rotatable bonds is 5.